The highest BCUT2D eigenvalue weighted by Crippen LogP contribution is 2.45. The maximum atomic E-state index is 14.8. The average molecular weight is 558 g/mol. The molecular weight excluding hydrogens is 526 g/mol. The monoisotopic (exact) mass is 556 g/mol. The number of hydrogen-bond donors (Lipinski definition) is 1. The number of halogens is 3. The van der Waals surface area contributed by atoms with Gasteiger partial charge in [0.1, 0.15) is 11.6 Å². The van der Waals surface area contributed by atoms with Gasteiger partial charge in [-0.05, 0) is 99.8 Å². The first kappa shape index (κ1) is 27.2. The first-order chi connectivity index (χ1) is 17.1. The normalized spacial score (nSPS) is 18.1. The van der Waals surface area contributed by atoms with Crippen molar-refractivity contribution in [1.29, 1.82) is 0 Å². The van der Waals surface area contributed by atoms with E-state index in [-0.39, 0.29) is 23.3 Å². The van der Waals surface area contributed by atoms with Crippen LogP contribution in [-0.4, -0.2) is 44.7 Å². The fraction of sp³-hybridized carbons (Fsp3) is 0.500. The minimum Gasteiger partial charge on any atom is -0.493 e. The summed E-state index contributed by atoms with van der Waals surface area (Å²) in [5.41, 5.74) is 1.58. The Morgan fingerprint density at radius 2 is 1.75 bits per heavy atom. The molecule has 1 saturated carbocycles. The topological polar surface area (TPSA) is 75.7 Å². The Hall–Kier alpha value is -1.87. The van der Waals surface area contributed by atoms with Crippen molar-refractivity contribution in [3.8, 4) is 5.75 Å². The highest BCUT2D eigenvalue weighted by atomic mass is 35.5. The van der Waals surface area contributed by atoms with Crippen LogP contribution in [0.3, 0.4) is 0 Å². The molecule has 1 saturated heterocycles. The largest absolute Gasteiger partial charge is 0.493 e. The summed E-state index contributed by atoms with van der Waals surface area (Å²) in [5, 5.41) is 1.25. The van der Waals surface area contributed by atoms with Crippen LogP contribution in [0.5, 0.6) is 5.75 Å². The maximum absolute atomic E-state index is 14.8. The Morgan fingerprint density at radius 3 is 2.33 bits per heavy atom. The molecule has 1 heterocycles. The molecule has 2 aromatic carbocycles. The van der Waals surface area contributed by atoms with Gasteiger partial charge in [-0.3, -0.25) is 9.69 Å². The number of carbonyl (C=O) groups excluding carboxylic acids is 1. The fourth-order valence-corrected chi connectivity index (χ4v) is 5.67. The first-order valence-corrected chi connectivity index (χ1v) is 14.7. The molecule has 1 unspecified atom stereocenters. The van der Waals surface area contributed by atoms with Crippen LogP contribution in [0.25, 0.3) is 0 Å². The van der Waals surface area contributed by atoms with E-state index in [1.807, 2.05) is 16.9 Å². The molecular formula is C26H31Cl2FN2O4S. The quantitative estimate of drug-likeness (QED) is 0.413. The molecule has 0 bridgehead atoms. The molecule has 10 heteroatoms. The number of carbonyl (C=O) groups is 1. The van der Waals surface area contributed by atoms with Gasteiger partial charge in [0.25, 0.3) is 5.91 Å². The third-order valence-electron chi connectivity index (χ3n) is 7.03. The lowest BCUT2D eigenvalue weighted by atomic mass is 9.95. The zero-order valence-electron chi connectivity index (χ0n) is 20.4. The van der Waals surface area contributed by atoms with E-state index in [0.717, 1.165) is 49.9 Å². The average Bonchev–Trinajstić information content (AvgIpc) is 3.67. The lowest BCUT2D eigenvalue weighted by Crippen LogP contribution is -2.37. The lowest BCUT2D eigenvalue weighted by Gasteiger charge is -2.36. The molecule has 1 atom stereocenters. The third-order valence-corrected chi connectivity index (χ3v) is 8.72. The number of nitrogens with one attached hydrogen (secondary N) is 1. The van der Waals surface area contributed by atoms with Crippen molar-refractivity contribution >= 4 is 39.1 Å². The summed E-state index contributed by atoms with van der Waals surface area (Å²) in [4.78, 5) is 14.8. The molecule has 1 N–H and O–H groups in total. The Labute approximate surface area is 222 Å². The van der Waals surface area contributed by atoms with Crippen molar-refractivity contribution in [2.24, 2.45) is 5.92 Å². The molecule has 4 rings (SSSR count). The summed E-state index contributed by atoms with van der Waals surface area (Å²) in [6, 6.07) is 8.48. The molecule has 196 valence electrons. The molecule has 0 spiro atoms. The summed E-state index contributed by atoms with van der Waals surface area (Å²) >= 11 is 12.3. The van der Waals surface area contributed by atoms with Crippen LogP contribution in [0.15, 0.2) is 30.3 Å². The van der Waals surface area contributed by atoms with Crippen molar-refractivity contribution in [2.45, 2.75) is 51.5 Å². The highest BCUT2D eigenvalue weighted by Gasteiger charge is 2.31. The number of hydrogen-bond acceptors (Lipinski definition) is 5. The van der Waals surface area contributed by atoms with Crippen LogP contribution < -0.4 is 9.46 Å². The van der Waals surface area contributed by atoms with Gasteiger partial charge in [-0.25, -0.2) is 17.5 Å². The number of benzene rings is 2. The molecule has 1 amide bonds. The van der Waals surface area contributed by atoms with Gasteiger partial charge >= 0.3 is 0 Å². The van der Waals surface area contributed by atoms with Gasteiger partial charge in [0.2, 0.25) is 10.0 Å². The van der Waals surface area contributed by atoms with Gasteiger partial charge in [0.05, 0.1) is 17.9 Å². The maximum Gasteiger partial charge on any atom is 0.267 e. The van der Waals surface area contributed by atoms with Crippen molar-refractivity contribution < 1.29 is 22.3 Å². The Bertz CT molecular complexity index is 1210. The third kappa shape index (κ3) is 6.71. The van der Waals surface area contributed by atoms with Gasteiger partial charge in [0.15, 0.2) is 0 Å². The van der Waals surface area contributed by atoms with Crippen LogP contribution >= 0.6 is 23.2 Å². The number of likely N-dealkylation sites (tertiary alicyclic amines) is 1. The Balaban J connectivity index is 1.38. The van der Waals surface area contributed by atoms with E-state index in [1.54, 1.807) is 6.07 Å². The molecule has 2 fully saturated rings. The summed E-state index contributed by atoms with van der Waals surface area (Å²) in [5.74, 6) is -1.05. The SMILES string of the molecule is CCS(=O)(=O)NC(=O)c1cc(C2CC2)c(OCC2CCN(C(C)c3cc(Cl)cc(Cl)c3)CC2)cc1F. The zero-order valence-corrected chi connectivity index (χ0v) is 22.7. The molecule has 0 aromatic heterocycles. The van der Waals surface area contributed by atoms with Crippen LogP contribution in [0.1, 0.15) is 73.0 Å². The fourth-order valence-electron chi connectivity index (χ4n) is 4.59. The van der Waals surface area contributed by atoms with Crippen LogP contribution in [0.4, 0.5) is 4.39 Å². The molecule has 2 aliphatic rings. The Kier molecular flexibility index (Phi) is 8.49. The van der Waals surface area contributed by atoms with E-state index in [1.165, 1.54) is 19.1 Å². The van der Waals surface area contributed by atoms with E-state index in [9.17, 15) is 17.6 Å². The summed E-state index contributed by atoms with van der Waals surface area (Å²) in [7, 11) is -3.78. The van der Waals surface area contributed by atoms with Crippen molar-refractivity contribution in [2.75, 3.05) is 25.4 Å². The van der Waals surface area contributed by atoms with Gasteiger partial charge in [-0.2, -0.15) is 0 Å². The van der Waals surface area contributed by atoms with Crippen LogP contribution in [0.2, 0.25) is 10.0 Å². The number of rotatable bonds is 9. The van der Waals surface area contributed by atoms with Crippen molar-refractivity contribution in [3.63, 3.8) is 0 Å². The second-order valence-corrected chi connectivity index (χ2v) is 12.5. The summed E-state index contributed by atoms with van der Waals surface area (Å²) < 4.78 is 46.3. The van der Waals surface area contributed by atoms with Crippen molar-refractivity contribution in [1.82, 2.24) is 9.62 Å². The van der Waals surface area contributed by atoms with E-state index >= 15 is 0 Å². The highest BCUT2D eigenvalue weighted by molar-refractivity contribution is 7.90. The molecule has 2 aromatic rings. The van der Waals surface area contributed by atoms with Gasteiger partial charge in [-0.15, -0.1) is 0 Å². The molecule has 1 aliphatic heterocycles. The molecule has 36 heavy (non-hydrogen) atoms. The van der Waals surface area contributed by atoms with E-state index in [0.29, 0.717) is 28.3 Å². The van der Waals surface area contributed by atoms with Gasteiger partial charge < -0.3 is 4.74 Å². The number of amides is 1. The summed E-state index contributed by atoms with van der Waals surface area (Å²) in [6.45, 7) is 5.81. The van der Waals surface area contributed by atoms with Crippen LogP contribution in [0, 0.1) is 11.7 Å². The van der Waals surface area contributed by atoms with E-state index in [4.69, 9.17) is 27.9 Å². The number of ether oxygens (including phenoxy) is 1. The lowest BCUT2D eigenvalue weighted by molar-refractivity contribution is 0.0977. The molecule has 0 radical (unpaired) electrons. The number of nitrogens with zero attached hydrogens (tertiary/aromatic N) is 1. The second kappa shape index (κ2) is 11.3. The smallest absolute Gasteiger partial charge is 0.267 e. The minimum atomic E-state index is -3.78. The Morgan fingerprint density at radius 1 is 1.11 bits per heavy atom. The standard InChI is InChI=1S/C26H31Cl2FN2O4S/c1-3-36(33,34)30-26(32)23-13-22(18-4-5-18)25(14-24(23)29)35-15-17-6-8-31(9-7-17)16(2)19-10-20(27)12-21(28)11-19/h10-14,16-18H,3-9,15H2,1-2H3,(H,30,32). The predicted molar refractivity (Wildman–Crippen MR) is 140 cm³/mol. The van der Waals surface area contributed by atoms with Gasteiger partial charge in [0, 0.05) is 22.2 Å². The van der Waals surface area contributed by atoms with Gasteiger partial charge in [-0.1, -0.05) is 23.2 Å². The second-order valence-electron chi connectivity index (χ2n) is 9.65. The summed E-state index contributed by atoms with van der Waals surface area (Å²) in [6.07, 6.45) is 3.74. The molecule has 6 nitrogen and oxygen atoms in total. The zero-order chi connectivity index (χ0) is 26.0. The minimum absolute atomic E-state index is 0.189. The van der Waals surface area contributed by atoms with E-state index < -0.39 is 21.7 Å². The number of sulfonamides is 1. The van der Waals surface area contributed by atoms with Crippen LogP contribution in [-0.2, 0) is 10.0 Å². The first-order valence-electron chi connectivity index (χ1n) is 12.3. The molecule has 1 aliphatic carbocycles. The van der Waals surface area contributed by atoms with E-state index in [2.05, 4.69) is 11.8 Å². The predicted octanol–water partition coefficient (Wildman–Crippen LogP) is 5.94. The number of piperidine rings is 1. The van der Waals surface area contributed by atoms with Crippen molar-refractivity contribution in [3.05, 3.63) is 62.9 Å².